The number of halogens is 2. The minimum Gasteiger partial charge on any atom is -0.371 e. The lowest BCUT2D eigenvalue weighted by Gasteiger charge is -2.46. The lowest BCUT2D eigenvalue weighted by Crippen LogP contribution is -2.57. The number of hydrogen-bond donors (Lipinski definition) is 3. The van der Waals surface area contributed by atoms with Crippen molar-refractivity contribution in [3.63, 3.8) is 0 Å². The lowest BCUT2D eigenvalue weighted by molar-refractivity contribution is -0.136. The van der Waals surface area contributed by atoms with Crippen LogP contribution in [0.2, 0.25) is 5.02 Å². The second-order valence-corrected chi connectivity index (χ2v) is 20.0. The van der Waals surface area contributed by atoms with E-state index in [1.165, 1.54) is 22.8 Å². The van der Waals surface area contributed by atoms with E-state index in [2.05, 4.69) is 45.5 Å². The van der Waals surface area contributed by atoms with Crippen LogP contribution in [-0.2, 0) is 26.0 Å². The van der Waals surface area contributed by atoms with Gasteiger partial charge in [-0.3, -0.25) is 38.6 Å². The topological polar surface area (TPSA) is 184 Å². The molecule has 340 valence electrons. The van der Waals surface area contributed by atoms with Gasteiger partial charge in [-0.15, -0.1) is 0 Å². The molecule has 6 aliphatic rings. The number of imide groups is 2. The molecule has 0 radical (unpaired) electrons. The Morgan fingerprint density at radius 2 is 1.62 bits per heavy atom. The molecule has 0 saturated carbocycles. The molecule has 3 N–H and O–H groups in total. The average Bonchev–Trinajstić information content (AvgIpc) is 3.83. The first kappa shape index (κ1) is 43.0. The average molecular weight is 926 g/mol. The van der Waals surface area contributed by atoms with Gasteiger partial charge < -0.3 is 25.3 Å². The second-order valence-electron chi connectivity index (χ2n) is 17.7. The summed E-state index contributed by atoms with van der Waals surface area (Å²) in [6.07, 6.45) is 5.31. The van der Waals surface area contributed by atoms with Crippen LogP contribution in [0.1, 0.15) is 52.0 Å². The fourth-order valence-corrected chi connectivity index (χ4v) is 11.3. The fourth-order valence-electron chi connectivity index (χ4n) is 10.2. The molecule has 3 aromatic carbocycles. The smallest absolute Gasteiger partial charge is 0.262 e. The number of amides is 4. The predicted molar refractivity (Wildman–Crippen MR) is 244 cm³/mol. The van der Waals surface area contributed by atoms with Gasteiger partial charge in [0.05, 0.1) is 40.6 Å². The van der Waals surface area contributed by atoms with E-state index in [9.17, 15) is 27.6 Å². The van der Waals surface area contributed by atoms with E-state index in [-0.39, 0.29) is 41.0 Å². The van der Waals surface area contributed by atoms with E-state index in [1.54, 1.807) is 30.3 Å². The Labute approximate surface area is 380 Å². The molecule has 1 atom stereocenters. The van der Waals surface area contributed by atoms with Crippen LogP contribution in [0.3, 0.4) is 0 Å². The number of rotatable bonds is 11. The molecule has 6 aliphatic heterocycles. The zero-order valence-corrected chi connectivity index (χ0v) is 37.4. The maximum Gasteiger partial charge on any atom is 0.262 e. The number of anilines is 7. The van der Waals surface area contributed by atoms with Crippen LogP contribution in [0.4, 0.5) is 44.6 Å². The van der Waals surface area contributed by atoms with Gasteiger partial charge in [-0.05, 0) is 73.7 Å². The number of nitrogens with one attached hydrogen (secondary N) is 3. The van der Waals surface area contributed by atoms with Gasteiger partial charge in [0.15, 0.2) is 5.82 Å². The monoisotopic (exact) mass is 925 g/mol. The molecule has 0 aliphatic carbocycles. The van der Waals surface area contributed by atoms with Crippen molar-refractivity contribution >= 4 is 85.5 Å². The summed E-state index contributed by atoms with van der Waals surface area (Å²) in [6.45, 7) is 8.47. The number of hydrogen-bond acceptors (Lipinski definition) is 14. The molecule has 4 saturated heterocycles. The Bertz CT molecular complexity index is 2710. The number of benzene rings is 3. The number of carbonyl (C=O) groups excluding carboxylic acids is 4. The van der Waals surface area contributed by atoms with Crippen molar-refractivity contribution in [2.75, 3.05) is 96.4 Å². The first-order chi connectivity index (χ1) is 31.3. The van der Waals surface area contributed by atoms with Gasteiger partial charge in [0.1, 0.15) is 16.9 Å². The maximum absolute atomic E-state index is 15.7. The van der Waals surface area contributed by atoms with E-state index in [0.29, 0.717) is 53.2 Å². The van der Waals surface area contributed by atoms with Crippen molar-refractivity contribution in [3.8, 4) is 0 Å². The van der Waals surface area contributed by atoms with Gasteiger partial charge in [-0.2, -0.15) is 4.98 Å². The molecule has 10 rings (SSSR count). The summed E-state index contributed by atoms with van der Waals surface area (Å²) >= 11 is 6.47. The molecule has 17 nitrogen and oxygen atoms in total. The number of piperazine rings is 1. The lowest BCUT2D eigenvalue weighted by atomic mass is 9.96. The summed E-state index contributed by atoms with van der Waals surface area (Å²) in [5.41, 5.74) is 4.51. The molecule has 1 unspecified atom stereocenters. The number of para-hydroxylation sites is 1. The number of fused-ring (bicyclic) bond motifs is 2. The van der Waals surface area contributed by atoms with Crippen molar-refractivity contribution in [2.45, 2.75) is 44.2 Å². The van der Waals surface area contributed by atoms with Crippen LogP contribution in [0.25, 0.3) is 0 Å². The van der Waals surface area contributed by atoms with Crippen molar-refractivity contribution in [1.29, 1.82) is 0 Å². The van der Waals surface area contributed by atoms with Gasteiger partial charge in [0.25, 0.3) is 11.8 Å². The van der Waals surface area contributed by atoms with Crippen molar-refractivity contribution in [1.82, 2.24) is 30.0 Å². The molecule has 65 heavy (non-hydrogen) atoms. The normalized spacial score (nSPS) is 21.1. The summed E-state index contributed by atoms with van der Waals surface area (Å²) in [4.78, 5) is 69.7. The highest BCUT2D eigenvalue weighted by molar-refractivity contribution is 7.92. The molecule has 7 heterocycles. The molecular weight excluding hydrogens is 877 g/mol. The Kier molecular flexibility index (Phi) is 11.4. The molecule has 4 fully saturated rings. The Hall–Kier alpha value is -5.89. The zero-order valence-electron chi connectivity index (χ0n) is 35.8. The minimum atomic E-state index is -3.48. The van der Waals surface area contributed by atoms with Crippen LogP contribution in [0.5, 0.6) is 0 Å². The predicted octanol–water partition coefficient (Wildman–Crippen LogP) is 4.20. The van der Waals surface area contributed by atoms with Crippen LogP contribution >= 0.6 is 11.6 Å². The zero-order chi connectivity index (χ0) is 45.1. The van der Waals surface area contributed by atoms with Crippen LogP contribution < -0.4 is 30.1 Å². The third-order valence-electron chi connectivity index (χ3n) is 13.5. The number of sulfonamides is 1. The van der Waals surface area contributed by atoms with Crippen molar-refractivity contribution in [2.24, 2.45) is 5.92 Å². The van der Waals surface area contributed by atoms with Gasteiger partial charge in [0, 0.05) is 95.2 Å². The van der Waals surface area contributed by atoms with Crippen LogP contribution in [0.15, 0.2) is 60.8 Å². The highest BCUT2D eigenvalue weighted by Crippen LogP contribution is 2.40. The first-order valence-corrected chi connectivity index (χ1v) is 24.3. The largest absolute Gasteiger partial charge is 0.371 e. The Morgan fingerprint density at radius 3 is 2.35 bits per heavy atom. The van der Waals surface area contributed by atoms with E-state index in [4.69, 9.17) is 11.6 Å². The van der Waals surface area contributed by atoms with Crippen molar-refractivity contribution < 1.29 is 32.0 Å². The standard InChI is InChI=1S/C45H49ClFN11O6S/c1-65(63,64)57-16-11-28-3-2-4-36(40(28)57)50-41-34(46)23-48-45(52-41)49-29-5-8-37(35(47)21-29)55-14-12-30(13-15-55)54-19-17-53(18-20-54)24-27-25-56(26-27)31-6-7-32-33(22-31)44(62)58(43(32)61)38-9-10-39(59)51-42(38)60/h2-8,21-23,27,30,38H,9-20,24-26H2,1H3,(H,51,59,60)(H2,48,49,50,52). The van der Waals surface area contributed by atoms with E-state index in [0.717, 1.165) is 87.9 Å². The van der Waals surface area contributed by atoms with Gasteiger partial charge in [-0.1, -0.05) is 23.7 Å². The highest BCUT2D eigenvalue weighted by Gasteiger charge is 2.45. The van der Waals surface area contributed by atoms with E-state index < -0.39 is 39.7 Å². The number of aromatic nitrogens is 2. The summed E-state index contributed by atoms with van der Waals surface area (Å²) in [5.74, 6) is -1.39. The van der Waals surface area contributed by atoms with Crippen molar-refractivity contribution in [3.05, 3.63) is 88.3 Å². The van der Waals surface area contributed by atoms with E-state index in [1.807, 2.05) is 18.2 Å². The fraction of sp³-hybridized carbons (Fsp3) is 0.422. The molecule has 1 aromatic heterocycles. The van der Waals surface area contributed by atoms with Crippen LogP contribution in [-0.4, -0.2) is 141 Å². The number of piperidine rings is 2. The quantitative estimate of drug-likeness (QED) is 0.182. The highest BCUT2D eigenvalue weighted by atomic mass is 35.5. The molecule has 20 heteroatoms. The first-order valence-electron chi connectivity index (χ1n) is 22.0. The number of nitrogens with zero attached hydrogens (tertiary/aromatic N) is 8. The van der Waals surface area contributed by atoms with Crippen LogP contribution in [0, 0.1) is 11.7 Å². The SMILES string of the molecule is CS(=O)(=O)N1CCc2cccc(Nc3nc(Nc4ccc(N5CCC(N6CCN(CC7CN(c8ccc9c(c8)C(=O)N(C8CCC(=O)NC8=O)C9=O)C7)CC6)CC5)c(F)c4)ncc3Cl)c21. The summed E-state index contributed by atoms with van der Waals surface area (Å²) in [7, 11) is -3.48. The molecule has 4 aromatic rings. The van der Waals surface area contributed by atoms with Gasteiger partial charge in [-0.25, -0.2) is 17.8 Å². The van der Waals surface area contributed by atoms with Gasteiger partial charge in [0.2, 0.25) is 27.8 Å². The second kappa shape index (κ2) is 17.2. The third-order valence-corrected chi connectivity index (χ3v) is 15.0. The summed E-state index contributed by atoms with van der Waals surface area (Å²) < 4.78 is 42.0. The molecule has 4 amide bonds. The number of carbonyl (C=O) groups is 4. The minimum absolute atomic E-state index is 0.0844. The van der Waals surface area contributed by atoms with Gasteiger partial charge >= 0.3 is 0 Å². The summed E-state index contributed by atoms with van der Waals surface area (Å²) in [5, 5.41) is 8.74. The molecule has 0 bridgehead atoms. The van der Waals surface area contributed by atoms with E-state index >= 15 is 4.39 Å². The Balaban J connectivity index is 0.677. The molecule has 0 spiro atoms. The summed E-state index contributed by atoms with van der Waals surface area (Å²) in [6, 6.07) is 15.3. The maximum atomic E-state index is 15.7. The Morgan fingerprint density at radius 1 is 0.846 bits per heavy atom. The third kappa shape index (κ3) is 8.45. The molecular formula is C45H49ClFN11O6S.